The van der Waals surface area contributed by atoms with Crippen LogP contribution in [-0.2, 0) is 14.8 Å². The van der Waals surface area contributed by atoms with E-state index in [4.69, 9.17) is 9.88 Å². The first-order chi connectivity index (χ1) is 8.43. The molecule has 5 nitrogen and oxygen atoms in total. The van der Waals surface area contributed by atoms with Gasteiger partial charge in [0.25, 0.3) is 0 Å². The monoisotopic (exact) mass is 293 g/mol. The molecule has 0 amide bonds. The minimum atomic E-state index is -4.40. The molecule has 0 spiro atoms. The third kappa shape index (κ3) is 3.71. The Kier molecular flexibility index (Phi) is 3.97. The van der Waals surface area contributed by atoms with Crippen LogP contribution in [0.1, 0.15) is 31.1 Å². The minimum Gasteiger partial charge on any atom is -0.456 e. The van der Waals surface area contributed by atoms with Gasteiger partial charge in [-0.05, 0) is 32.9 Å². The molecule has 0 aliphatic rings. The average Bonchev–Trinajstić information content (AvgIpc) is 2.11. The van der Waals surface area contributed by atoms with Crippen LogP contribution in [0.2, 0.25) is 0 Å². The Bertz CT molecular complexity index is 620. The standard InChI is InChI=1S/C11H13F2NO4S/c1-11(2,3)18-10(15)8-6(12)4-5-7(9(8)13)19(14,16)17/h4-5H,1-3H3,(H2,14,16,17). The number of sulfonamides is 1. The van der Waals surface area contributed by atoms with Gasteiger partial charge in [0, 0.05) is 0 Å². The van der Waals surface area contributed by atoms with E-state index in [2.05, 4.69) is 0 Å². The number of primary sulfonamides is 1. The van der Waals surface area contributed by atoms with Crippen LogP contribution >= 0.6 is 0 Å². The quantitative estimate of drug-likeness (QED) is 0.838. The Morgan fingerprint density at radius 2 is 1.79 bits per heavy atom. The Morgan fingerprint density at radius 1 is 1.26 bits per heavy atom. The first-order valence-electron chi connectivity index (χ1n) is 5.17. The smallest absolute Gasteiger partial charge is 0.344 e. The molecule has 0 aliphatic heterocycles. The fourth-order valence-electron chi connectivity index (χ4n) is 1.27. The molecular formula is C11H13F2NO4S. The van der Waals surface area contributed by atoms with Crippen molar-refractivity contribution in [1.82, 2.24) is 0 Å². The number of hydrogen-bond acceptors (Lipinski definition) is 4. The molecule has 0 bridgehead atoms. The summed E-state index contributed by atoms with van der Waals surface area (Å²) in [4.78, 5) is 10.7. The zero-order chi connectivity index (χ0) is 15.0. The van der Waals surface area contributed by atoms with Gasteiger partial charge < -0.3 is 4.74 Å². The summed E-state index contributed by atoms with van der Waals surface area (Å²) < 4.78 is 54.3. The van der Waals surface area contributed by atoms with Gasteiger partial charge in [0.05, 0.1) is 0 Å². The van der Waals surface area contributed by atoms with E-state index in [-0.39, 0.29) is 0 Å². The molecule has 0 saturated heterocycles. The normalized spacial score (nSPS) is 12.3. The summed E-state index contributed by atoms with van der Waals surface area (Å²) in [6, 6.07) is 1.29. The highest BCUT2D eigenvalue weighted by Crippen LogP contribution is 2.22. The molecule has 106 valence electrons. The fraction of sp³-hybridized carbons (Fsp3) is 0.364. The van der Waals surface area contributed by atoms with Crippen molar-refractivity contribution in [2.24, 2.45) is 5.14 Å². The first-order valence-corrected chi connectivity index (χ1v) is 6.72. The van der Waals surface area contributed by atoms with Gasteiger partial charge in [-0.3, -0.25) is 0 Å². The second-order valence-corrected chi connectivity index (χ2v) is 6.31. The van der Waals surface area contributed by atoms with Crippen LogP contribution in [0.5, 0.6) is 0 Å². The molecule has 0 saturated carbocycles. The highest BCUT2D eigenvalue weighted by molar-refractivity contribution is 7.89. The third-order valence-corrected chi connectivity index (χ3v) is 2.89. The van der Waals surface area contributed by atoms with Crippen LogP contribution in [0.25, 0.3) is 0 Å². The van der Waals surface area contributed by atoms with Crippen LogP contribution in [0.4, 0.5) is 8.78 Å². The lowest BCUT2D eigenvalue weighted by Crippen LogP contribution is -2.26. The third-order valence-electron chi connectivity index (χ3n) is 1.97. The number of carbonyl (C=O) groups is 1. The van der Waals surface area contributed by atoms with E-state index >= 15 is 0 Å². The lowest BCUT2D eigenvalue weighted by Gasteiger charge is -2.20. The topological polar surface area (TPSA) is 86.5 Å². The average molecular weight is 293 g/mol. The highest BCUT2D eigenvalue weighted by atomic mass is 32.2. The SMILES string of the molecule is CC(C)(C)OC(=O)c1c(F)ccc(S(N)(=O)=O)c1F. The molecule has 0 radical (unpaired) electrons. The predicted octanol–water partition coefficient (Wildman–Crippen LogP) is 1.57. The maximum absolute atomic E-state index is 13.9. The number of nitrogens with two attached hydrogens (primary N) is 1. The zero-order valence-electron chi connectivity index (χ0n) is 10.5. The maximum Gasteiger partial charge on any atom is 0.344 e. The number of hydrogen-bond donors (Lipinski definition) is 1. The van der Waals surface area contributed by atoms with Crippen LogP contribution < -0.4 is 5.14 Å². The van der Waals surface area contributed by atoms with Crippen molar-refractivity contribution < 1.29 is 26.7 Å². The highest BCUT2D eigenvalue weighted by Gasteiger charge is 2.28. The molecule has 0 atom stereocenters. The van der Waals surface area contributed by atoms with Gasteiger partial charge in [-0.15, -0.1) is 0 Å². The molecule has 1 rings (SSSR count). The fourth-order valence-corrected chi connectivity index (χ4v) is 1.88. The summed E-state index contributed by atoms with van der Waals surface area (Å²) in [5, 5.41) is 4.76. The summed E-state index contributed by atoms with van der Waals surface area (Å²) in [5.74, 6) is -4.08. The molecule has 0 heterocycles. The Morgan fingerprint density at radius 3 is 2.21 bits per heavy atom. The van der Waals surface area contributed by atoms with Crippen molar-refractivity contribution in [3.8, 4) is 0 Å². The first kappa shape index (κ1) is 15.5. The molecule has 0 aliphatic carbocycles. The predicted molar refractivity (Wildman–Crippen MR) is 62.9 cm³/mol. The molecule has 2 N–H and O–H groups in total. The lowest BCUT2D eigenvalue weighted by molar-refractivity contribution is 0.00589. The van der Waals surface area contributed by atoms with Gasteiger partial charge in [0.15, 0.2) is 5.82 Å². The minimum absolute atomic E-state index is 0.641. The van der Waals surface area contributed by atoms with Crippen LogP contribution in [-0.4, -0.2) is 20.0 Å². The van der Waals surface area contributed by atoms with E-state index in [1.54, 1.807) is 0 Å². The summed E-state index contributed by atoms with van der Waals surface area (Å²) in [6.45, 7) is 4.51. The van der Waals surface area contributed by atoms with Gasteiger partial charge in [-0.25, -0.2) is 27.1 Å². The summed E-state index contributed by atoms with van der Waals surface area (Å²) >= 11 is 0. The number of rotatable bonds is 2. The Balaban J connectivity index is 3.40. The molecule has 1 aromatic carbocycles. The molecular weight excluding hydrogens is 280 g/mol. The Hall–Kier alpha value is -1.54. The molecule has 1 aromatic rings. The largest absolute Gasteiger partial charge is 0.456 e. The summed E-state index contributed by atoms with van der Waals surface area (Å²) in [7, 11) is -4.40. The maximum atomic E-state index is 13.9. The lowest BCUT2D eigenvalue weighted by atomic mass is 10.1. The van der Waals surface area contributed by atoms with E-state index in [1.165, 1.54) is 20.8 Å². The summed E-state index contributed by atoms with van der Waals surface area (Å²) in [5.41, 5.74) is -2.06. The van der Waals surface area contributed by atoms with E-state index in [0.717, 1.165) is 0 Å². The van der Waals surface area contributed by atoms with Gasteiger partial charge in [0.1, 0.15) is 21.9 Å². The van der Waals surface area contributed by atoms with Crippen molar-refractivity contribution in [1.29, 1.82) is 0 Å². The van der Waals surface area contributed by atoms with Crippen molar-refractivity contribution in [3.05, 3.63) is 29.3 Å². The van der Waals surface area contributed by atoms with Crippen LogP contribution in [0.3, 0.4) is 0 Å². The van der Waals surface area contributed by atoms with Gasteiger partial charge in [0.2, 0.25) is 10.0 Å². The van der Waals surface area contributed by atoms with Crippen molar-refractivity contribution in [2.45, 2.75) is 31.3 Å². The second kappa shape index (κ2) is 4.86. The van der Waals surface area contributed by atoms with Gasteiger partial charge in [-0.2, -0.15) is 0 Å². The van der Waals surface area contributed by atoms with Crippen molar-refractivity contribution >= 4 is 16.0 Å². The number of esters is 1. The number of ether oxygens (including phenoxy) is 1. The van der Waals surface area contributed by atoms with E-state index in [1.807, 2.05) is 0 Å². The number of halogens is 2. The second-order valence-electron chi connectivity index (χ2n) is 4.78. The molecule has 0 unspecified atom stereocenters. The van der Waals surface area contributed by atoms with Gasteiger partial charge >= 0.3 is 5.97 Å². The molecule has 19 heavy (non-hydrogen) atoms. The van der Waals surface area contributed by atoms with Gasteiger partial charge in [-0.1, -0.05) is 0 Å². The van der Waals surface area contributed by atoms with E-state index in [9.17, 15) is 22.0 Å². The Labute approximate surface area is 109 Å². The summed E-state index contributed by atoms with van der Waals surface area (Å²) in [6.07, 6.45) is 0. The van der Waals surface area contributed by atoms with Crippen LogP contribution in [0.15, 0.2) is 17.0 Å². The van der Waals surface area contributed by atoms with Crippen molar-refractivity contribution in [2.75, 3.05) is 0 Å². The zero-order valence-corrected chi connectivity index (χ0v) is 11.3. The van der Waals surface area contributed by atoms with E-state index < -0.39 is 43.7 Å². The van der Waals surface area contributed by atoms with Crippen molar-refractivity contribution in [3.63, 3.8) is 0 Å². The molecule has 0 aromatic heterocycles. The molecule has 0 fully saturated rings. The van der Waals surface area contributed by atoms with Crippen LogP contribution in [0, 0.1) is 11.6 Å². The van der Waals surface area contributed by atoms with E-state index in [0.29, 0.717) is 12.1 Å². The molecule has 8 heteroatoms. The number of carbonyl (C=O) groups excluding carboxylic acids is 1. The number of benzene rings is 1.